The van der Waals surface area contributed by atoms with Crippen LogP contribution in [0.4, 0.5) is 13.2 Å². The molecular formula is C8H6F3NO3. The van der Waals surface area contributed by atoms with Gasteiger partial charge in [0.2, 0.25) is 5.95 Å². The number of esters is 1. The van der Waals surface area contributed by atoms with Crippen molar-refractivity contribution in [1.29, 1.82) is 0 Å². The van der Waals surface area contributed by atoms with Gasteiger partial charge in [0.15, 0.2) is 0 Å². The van der Waals surface area contributed by atoms with E-state index in [0.29, 0.717) is 6.20 Å². The molecule has 15 heavy (non-hydrogen) atoms. The molecule has 0 aromatic carbocycles. The first-order valence-corrected chi connectivity index (χ1v) is 3.72. The molecule has 1 N–H and O–H groups in total. The third-order valence-electron chi connectivity index (χ3n) is 1.66. The zero-order valence-electron chi connectivity index (χ0n) is 7.50. The average Bonchev–Trinajstić information content (AvgIpc) is 2.19. The van der Waals surface area contributed by atoms with Gasteiger partial charge in [0.1, 0.15) is 11.3 Å². The van der Waals surface area contributed by atoms with Gasteiger partial charge in [-0.25, -0.2) is 18.6 Å². The number of aromatic nitrogens is 1. The fourth-order valence-electron chi connectivity index (χ4n) is 1.01. The van der Waals surface area contributed by atoms with Gasteiger partial charge in [-0.3, -0.25) is 0 Å². The maximum Gasteiger partial charge on any atom is 0.343 e. The number of pyridine rings is 1. The number of hydrogen-bond donors (Lipinski definition) is 1. The van der Waals surface area contributed by atoms with E-state index in [1.54, 1.807) is 0 Å². The van der Waals surface area contributed by atoms with Crippen LogP contribution >= 0.6 is 0 Å². The van der Waals surface area contributed by atoms with E-state index in [-0.39, 0.29) is 0 Å². The number of rotatable bonds is 2. The van der Waals surface area contributed by atoms with E-state index in [1.807, 2.05) is 0 Å². The molecule has 7 heteroatoms. The monoisotopic (exact) mass is 221 g/mol. The normalized spacial score (nSPS) is 10.5. The Morgan fingerprint density at radius 3 is 2.67 bits per heavy atom. The van der Waals surface area contributed by atoms with Gasteiger partial charge >= 0.3 is 5.97 Å². The van der Waals surface area contributed by atoms with E-state index in [9.17, 15) is 18.0 Å². The van der Waals surface area contributed by atoms with Crippen LogP contribution in [0.5, 0.6) is 5.75 Å². The van der Waals surface area contributed by atoms with Crippen molar-refractivity contribution in [3.05, 3.63) is 23.3 Å². The summed E-state index contributed by atoms with van der Waals surface area (Å²) < 4.78 is 41.9. The first-order chi connectivity index (χ1) is 6.99. The third kappa shape index (κ3) is 2.00. The molecule has 0 aliphatic rings. The summed E-state index contributed by atoms with van der Waals surface area (Å²) in [7, 11) is 0.904. The first kappa shape index (κ1) is 11.3. The van der Waals surface area contributed by atoms with Crippen LogP contribution in [0.2, 0.25) is 0 Å². The molecule has 1 aromatic rings. The Labute approximate surface area is 82.3 Å². The van der Waals surface area contributed by atoms with Gasteiger partial charge in [0, 0.05) is 0 Å². The minimum atomic E-state index is -3.20. The highest BCUT2D eigenvalue weighted by Gasteiger charge is 2.27. The molecule has 0 spiro atoms. The van der Waals surface area contributed by atoms with E-state index in [0.717, 1.165) is 7.11 Å². The van der Waals surface area contributed by atoms with E-state index in [4.69, 9.17) is 5.11 Å². The van der Waals surface area contributed by atoms with E-state index in [1.165, 1.54) is 0 Å². The fraction of sp³-hybridized carbons (Fsp3) is 0.250. The van der Waals surface area contributed by atoms with Crippen LogP contribution < -0.4 is 0 Å². The van der Waals surface area contributed by atoms with Crippen LogP contribution in [0.15, 0.2) is 6.20 Å². The smallest absolute Gasteiger partial charge is 0.343 e. The van der Waals surface area contributed by atoms with Crippen molar-refractivity contribution in [2.75, 3.05) is 7.11 Å². The summed E-state index contributed by atoms with van der Waals surface area (Å²) in [6, 6.07) is 0. The van der Waals surface area contributed by atoms with Crippen LogP contribution in [-0.2, 0) is 4.74 Å². The Hall–Kier alpha value is -1.79. The molecule has 0 fully saturated rings. The summed E-state index contributed by atoms with van der Waals surface area (Å²) in [5.74, 6) is -3.67. The molecule has 0 amide bonds. The Bertz CT molecular complexity index is 395. The van der Waals surface area contributed by atoms with Crippen molar-refractivity contribution >= 4 is 5.97 Å². The van der Waals surface area contributed by atoms with Gasteiger partial charge in [-0.15, -0.1) is 0 Å². The maximum atomic E-state index is 13.0. The van der Waals surface area contributed by atoms with Crippen molar-refractivity contribution in [2.24, 2.45) is 0 Å². The Balaban J connectivity index is 3.45. The minimum Gasteiger partial charge on any atom is -0.506 e. The number of carbonyl (C=O) groups excluding carboxylic acids is 1. The third-order valence-corrected chi connectivity index (χ3v) is 1.66. The predicted molar refractivity (Wildman–Crippen MR) is 42.2 cm³/mol. The van der Waals surface area contributed by atoms with Crippen molar-refractivity contribution in [1.82, 2.24) is 4.98 Å². The Morgan fingerprint density at radius 2 is 2.20 bits per heavy atom. The number of carbonyl (C=O) groups is 1. The lowest BCUT2D eigenvalue weighted by Crippen LogP contribution is -2.11. The van der Waals surface area contributed by atoms with E-state index >= 15 is 0 Å². The lowest BCUT2D eigenvalue weighted by Gasteiger charge is -2.08. The fourth-order valence-corrected chi connectivity index (χ4v) is 1.01. The lowest BCUT2D eigenvalue weighted by atomic mass is 10.1. The summed E-state index contributed by atoms with van der Waals surface area (Å²) in [5.41, 5.74) is -2.16. The molecule has 0 radical (unpaired) electrons. The van der Waals surface area contributed by atoms with Crippen LogP contribution in [0.3, 0.4) is 0 Å². The standard InChI is InChI=1S/C8H6F3NO3/c1-15-8(14)5-4(6(9)10)3(13)2-12-7(5)11/h2,6,13H,1H3. The highest BCUT2D eigenvalue weighted by atomic mass is 19.3. The predicted octanol–water partition coefficient (Wildman–Crippen LogP) is 1.65. The molecule has 4 nitrogen and oxygen atoms in total. The molecule has 1 aromatic heterocycles. The second-order valence-electron chi connectivity index (χ2n) is 2.52. The Kier molecular flexibility index (Phi) is 3.13. The highest BCUT2D eigenvalue weighted by molar-refractivity contribution is 5.91. The summed E-state index contributed by atoms with van der Waals surface area (Å²) in [4.78, 5) is 13.9. The second kappa shape index (κ2) is 4.16. The number of nitrogens with zero attached hydrogens (tertiary/aromatic N) is 1. The molecule has 0 saturated carbocycles. The number of hydrogen-bond acceptors (Lipinski definition) is 4. The summed E-state index contributed by atoms with van der Waals surface area (Å²) in [5, 5.41) is 9.01. The second-order valence-corrected chi connectivity index (χ2v) is 2.52. The van der Waals surface area contributed by atoms with Crippen LogP contribution in [0.1, 0.15) is 22.3 Å². The molecule has 0 unspecified atom stereocenters. The molecule has 1 rings (SSSR count). The van der Waals surface area contributed by atoms with Crippen molar-refractivity contribution in [3.63, 3.8) is 0 Å². The zero-order chi connectivity index (χ0) is 11.6. The molecule has 0 saturated heterocycles. The highest BCUT2D eigenvalue weighted by Crippen LogP contribution is 2.32. The summed E-state index contributed by atoms with van der Waals surface area (Å²) in [6.45, 7) is 0. The van der Waals surface area contributed by atoms with Gasteiger partial charge in [0.25, 0.3) is 6.43 Å². The molecular weight excluding hydrogens is 215 g/mol. The van der Waals surface area contributed by atoms with E-state index < -0.39 is 35.2 Å². The SMILES string of the molecule is COC(=O)c1c(F)ncc(O)c1C(F)F. The van der Waals surface area contributed by atoms with Crippen molar-refractivity contribution < 1.29 is 27.8 Å². The van der Waals surface area contributed by atoms with Gasteiger partial charge in [0.05, 0.1) is 18.9 Å². The largest absolute Gasteiger partial charge is 0.506 e. The number of methoxy groups -OCH3 is 1. The number of aromatic hydroxyl groups is 1. The zero-order valence-corrected chi connectivity index (χ0v) is 7.50. The number of alkyl halides is 2. The number of halogens is 3. The average molecular weight is 221 g/mol. The molecule has 0 atom stereocenters. The van der Waals surface area contributed by atoms with Gasteiger partial charge in [-0.2, -0.15) is 4.39 Å². The van der Waals surface area contributed by atoms with Gasteiger partial charge in [-0.05, 0) is 0 Å². The lowest BCUT2D eigenvalue weighted by molar-refractivity contribution is 0.0580. The van der Waals surface area contributed by atoms with Crippen LogP contribution in [0.25, 0.3) is 0 Å². The first-order valence-electron chi connectivity index (χ1n) is 3.72. The van der Waals surface area contributed by atoms with Crippen molar-refractivity contribution in [2.45, 2.75) is 6.43 Å². The number of ether oxygens (including phenoxy) is 1. The molecule has 0 aliphatic carbocycles. The maximum absolute atomic E-state index is 13.0. The van der Waals surface area contributed by atoms with E-state index in [2.05, 4.69) is 9.72 Å². The summed E-state index contributed by atoms with van der Waals surface area (Å²) >= 11 is 0. The minimum absolute atomic E-state index is 0.503. The van der Waals surface area contributed by atoms with Gasteiger partial charge in [-0.1, -0.05) is 0 Å². The quantitative estimate of drug-likeness (QED) is 0.609. The Morgan fingerprint density at radius 1 is 1.60 bits per heavy atom. The van der Waals surface area contributed by atoms with Crippen LogP contribution in [0, 0.1) is 5.95 Å². The van der Waals surface area contributed by atoms with Gasteiger partial charge < -0.3 is 9.84 Å². The van der Waals surface area contributed by atoms with Crippen molar-refractivity contribution in [3.8, 4) is 5.75 Å². The van der Waals surface area contributed by atoms with Crippen LogP contribution in [-0.4, -0.2) is 23.2 Å². The molecule has 0 bridgehead atoms. The molecule has 0 aliphatic heterocycles. The molecule has 1 heterocycles. The molecule has 82 valence electrons. The topological polar surface area (TPSA) is 59.4 Å². The summed E-state index contributed by atoms with van der Waals surface area (Å²) in [6.07, 6.45) is -2.69.